The van der Waals surface area contributed by atoms with Gasteiger partial charge in [0, 0.05) is 18.1 Å². The second-order valence-corrected chi connectivity index (χ2v) is 6.19. The first-order chi connectivity index (χ1) is 11.9. The van der Waals surface area contributed by atoms with E-state index in [1.165, 1.54) is 6.33 Å². The highest BCUT2D eigenvalue weighted by atomic mass is 19.4. The summed E-state index contributed by atoms with van der Waals surface area (Å²) >= 11 is 0. The van der Waals surface area contributed by atoms with Crippen LogP contribution in [0.3, 0.4) is 0 Å². The molecule has 0 radical (unpaired) electrons. The van der Waals surface area contributed by atoms with Crippen LogP contribution in [0, 0.1) is 11.8 Å². The van der Waals surface area contributed by atoms with Crippen LogP contribution in [0.1, 0.15) is 12.6 Å². The van der Waals surface area contributed by atoms with E-state index >= 15 is 0 Å². The first kappa shape index (κ1) is 16.0. The fraction of sp³-hybridized carbons (Fsp3) is 0.353. The number of aromatic nitrogens is 3. The van der Waals surface area contributed by atoms with E-state index in [0.717, 1.165) is 11.6 Å². The minimum atomic E-state index is -4.47. The average Bonchev–Trinajstić information content (AvgIpc) is 3.17. The maximum absolute atomic E-state index is 12.9. The number of halogens is 3. The summed E-state index contributed by atoms with van der Waals surface area (Å²) in [6, 6.07) is 0.987. The van der Waals surface area contributed by atoms with Crippen molar-refractivity contribution in [3.05, 3.63) is 41.9 Å². The Balaban J connectivity index is 1.65. The third kappa shape index (κ3) is 2.86. The van der Waals surface area contributed by atoms with E-state index < -0.39 is 11.9 Å². The highest BCUT2D eigenvalue weighted by Gasteiger charge is 2.35. The number of allylic oxidation sites excluding steroid dienone is 2. The van der Waals surface area contributed by atoms with Gasteiger partial charge in [0.05, 0.1) is 18.1 Å². The normalized spacial score (nSPS) is 26.4. The van der Waals surface area contributed by atoms with Gasteiger partial charge in [-0.15, -0.1) is 0 Å². The number of nitrogens with zero attached hydrogens (tertiary/aromatic N) is 3. The molecule has 1 aliphatic heterocycles. The summed E-state index contributed by atoms with van der Waals surface area (Å²) in [5.74, 6) is 0.492. The molecule has 0 spiro atoms. The van der Waals surface area contributed by atoms with Gasteiger partial charge in [-0.05, 0) is 11.6 Å². The van der Waals surface area contributed by atoms with Crippen molar-refractivity contribution in [2.24, 2.45) is 16.8 Å². The number of H-pyrrole nitrogens is 1. The van der Waals surface area contributed by atoms with E-state index in [-0.39, 0.29) is 28.9 Å². The minimum absolute atomic E-state index is 0.0107. The van der Waals surface area contributed by atoms with Crippen molar-refractivity contribution >= 4 is 23.1 Å². The predicted octanol–water partition coefficient (Wildman–Crippen LogP) is 3.83. The maximum atomic E-state index is 12.9. The number of hydrogen-bond donors (Lipinski definition) is 1. The number of alkyl halides is 3. The second-order valence-electron chi connectivity index (χ2n) is 6.19. The van der Waals surface area contributed by atoms with Gasteiger partial charge in [0.15, 0.2) is 5.82 Å². The molecule has 0 saturated carbocycles. The fourth-order valence-electron chi connectivity index (χ4n) is 3.20. The van der Waals surface area contributed by atoms with Crippen molar-refractivity contribution in [1.82, 2.24) is 15.0 Å². The van der Waals surface area contributed by atoms with Crippen molar-refractivity contribution in [3.63, 3.8) is 0 Å². The van der Waals surface area contributed by atoms with Crippen LogP contribution in [-0.4, -0.2) is 33.9 Å². The lowest BCUT2D eigenvalue weighted by molar-refractivity contribution is -0.140. The van der Waals surface area contributed by atoms with Crippen LogP contribution >= 0.6 is 0 Å². The summed E-state index contributed by atoms with van der Waals surface area (Å²) in [7, 11) is 0. The molecule has 8 heteroatoms. The molecule has 1 aliphatic carbocycles. The van der Waals surface area contributed by atoms with Crippen LogP contribution in [0.15, 0.2) is 41.2 Å². The van der Waals surface area contributed by atoms with E-state index in [4.69, 9.17) is 4.74 Å². The lowest BCUT2D eigenvalue weighted by Crippen LogP contribution is -2.19. The van der Waals surface area contributed by atoms with Crippen LogP contribution in [0.5, 0.6) is 0 Å². The van der Waals surface area contributed by atoms with Gasteiger partial charge in [0.2, 0.25) is 0 Å². The first-order valence-electron chi connectivity index (χ1n) is 7.88. The molecule has 3 atom stereocenters. The van der Waals surface area contributed by atoms with E-state index in [1.807, 2.05) is 12.2 Å². The van der Waals surface area contributed by atoms with Crippen molar-refractivity contribution in [3.8, 4) is 0 Å². The van der Waals surface area contributed by atoms with Gasteiger partial charge in [0.25, 0.3) is 0 Å². The van der Waals surface area contributed by atoms with Crippen molar-refractivity contribution in [1.29, 1.82) is 0 Å². The van der Waals surface area contributed by atoms with Crippen LogP contribution in [0.4, 0.5) is 19.0 Å². The van der Waals surface area contributed by atoms with Crippen LogP contribution in [0.2, 0.25) is 0 Å². The van der Waals surface area contributed by atoms with Crippen molar-refractivity contribution < 1.29 is 17.9 Å². The maximum Gasteiger partial charge on any atom is 0.431 e. The lowest BCUT2D eigenvalue weighted by atomic mass is 9.88. The monoisotopic (exact) mass is 348 g/mol. The molecule has 1 saturated heterocycles. The molecule has 25 heavy (non-hydrogen) atoms. The zero-order valence-corrected chi connectivity index (χ0v) is 13.3. The Morgan fingerprint density at radius 2 is 2.20 bits per heavy atom. The summed E-state index contributed by atoms with van der Waals surface area (Å²) < 4.78 is 44.4. The number of hydrogen-bond acceptors (Lipinski definition) is 4. The molecule has 1 fully saturated rings. The Labute approximate surface area is 141 Å². The molecule has 4 rings (SSSR count). The standard InChI is InChI=1S/C17H15F3N4O/c1-9-3-2-4-11-10(7-25-14(9)11)6-21-15-12-5-13(17(18,19)20)24-16(12)23-8-22-15/h2-6,8-10,14H,7H2,1H3,(H,22,23,24). The van der Waals surface area contributed by atoms with E-state index in [0.29, 0.717) is 12.5 Å². The summed E-state index contributed by atoms with van der Waals surface area (Å²) in [6.45, 7) is 2.58. The highest BCUT2D eigenvalue weighted by molar-refractivity contribution is 5.88. The number of rotatable bonds is 2. The zero-order valence-electron chi connectivity index (χ0n) is 13.3. The zero-order chi connectivity index (χ0) is 17.6. The molecular formula is C17H15F3N4O. The SMILES string of the molecule is CC1C=CC=C2C(C=Nc3ncnc4[nH]c(C(F)(F)F)cc34)COC21. The Morgan fingerprint density at radius 3 is 3.00 bits per heavy atom. The number of aromatic amines is 1. The molecule has 2 aromatic rings. The van der Waals surface area contributed by atoms with Gasteiger partial charge in [-0.3, -0.25) is 0 Å². The molecule has 3 heterocycles. The molecule has 2 aromatic heterocycles. The third-order valence-corrected chi connectivity index (χ3v) is 4.48. The fourth-order valence-corrected chi connectivity index (χ4v) is 3.20. The van der Waals surface area contributed by atoms with Gasteiger partial charge in [-0.1, -0.05) is 25.2 Å². The Bertz CT molecular complexity index is 897. The van der Waals surface area contributed by atoms with Gasteiger partial charge in [-0.2, -0.15) is 13.2 Å². The van der Waals surface area contributed by atoms with Crippen LogP contribution in [0.25, 0.3) is 11.0 Å². The molecule has 2 aliphatic rings. The summed E-state index contributed by atoms with van der Waals surface area (Å²) in [5, 5.41) is 0.243. The smallest absolute Gasteiger partial charge is 0.372 e. The number of ether oxygens (including phenoxy) is 1. The molecular weight excluding hydrogens is 333 g/mol. The van der Waals surface area contributed by atoms with E-state index in [1.54, 1.807) is 6.21 Å². The lowest BCUT2D eigenvalue weighted by Gasteiger charge is -2.20. The van der Waals surface area contributed by atoms with E-state index in [2.05, 4.69) is 32.9 Å². The minimum Gasteiger partial charge on any atom is -0.372 e. The van der Waals surface area contributed by atoms with Crippen molar-refractivity contribution in [2.45, 2.75) is 19.2 Å². The molecule has 5 nitrogen and oxygen atoms in total. The van der Waals surface area contributed by atoms with Crippen molar-refractivity contribution in [2.75, 3.05) is 6.61 Å². The molecule has 0 aromatic carbocycles. The molecule has 3 unspecified atom stereocenters. The van der Waals surface area contributed by atoms with E-state index in [9.17, 15) is 13.2 Å². The molecule has 130 valence electrons. The van der Waals surface area contributed by atoms with Crippen LogP contribution < -0.4 is 0 Å². The second kappa shape index (κ2) is 5.80. The van der Waals surface area contributed by atoms with Gasteiger partial charge in [0.1, 0.15) is 17.7 Å². The highest BCUT2D eigenvalue weighted by Crippen LogP contribution is 2.35. The summed E-state index contributed by atoms with van der Waals surface area (Å²) in [6.07, 6.45) is 4.56. The third-order valence-electron chi connectivity index (χ3n) is 4.48. The molecule has 0 amide bonds. The Kier molecular flexibility index (Phi) is 3.72. The molecule has 1 N–H and O–H groups in total. The largest absolute Gasteiger partial charge is 0.431 e. The average molecular weight is 348 g/mol. The van der Waals surface area contributed by atoms with Crippen LogP contribution in [-0.2, 0) is 10.9 Å². The number of fused-ring (bicyclic) bond motifs is 2. The summed E-state index contributed by atoms with van der Waals surface area (Å²) in [4.78, 5) is 14.4. The van der Waals surface area contributed by atoms with Gasteiger partial charge in [-0.25, -0.2) is 15.0 Å². The Morgan fingerprint density at radius 1 is 1.36 bits per heavy atom. The van der Waals surface area contributed by atoms with Gasteiger partial charge >= 0.3 is 6.18 Å². The van der Waals surface area contributed by atoms with Gasteiger partial charge < -0.3 is 9.72 Å². The predicted molar refractivity (Wildman–Crippen MR) is 86.7 cm³/mol. The quantitative estimate of drug-likeness (QED) is 0.839. The summed E-state index contributed by atoms with van der Waals surface area (Å²) in [5.41, 5.74) is 0.384. The Hall–Kier alpha value is -2.48. The first-order valence-corrected chi connectivity index (χ1v) is 7.88. The topological polar surface area (TPSA) is 63.2 Å². The molecule has 0 bridgehead atoms. The number of nitrogens with one attached hydrogen (secondary N) is 1. The number of aliphatic imine (C=N–C) groups is 1.